The summed E-state index contributed by atoms with van der Waals surface area (Å²) in [7, 11) is 0. The van der Waals surface area contributed by atoms with E-state index in [9.17, 15) is 22.8 Å². The Hall–Kier alpha value is -2.32. The van der Waals surface area contributed by atoms with Gasteiger partial charge in [-0.25, -0.2) is 4.98 Å². The summed E-state index contributed by atoms with van der Waals surface area (Å²) in [4.78, 5) is 26.8. The van der Waals surface area contributed by atoms with E-state index in [2.05, 4.69) is 20.6 Å². The first-order valence-electron chi connectivity index (χ1n) is 6.11. The van der Waals surface area contributed by atoms with Crippen LogP contribution in [-0.2, 0) is 4.79 Å². The SMILES string of the molecule is O=C(NNC(=O)C1CC1)c1cccnc1OCC(F)(F)F. The number of nitrogens with one attached hydrogen (secondary N) is 2. The fourth-order valence-corrected chi connectivity index (χ4v) is 1.46. The van der Waals surface area contributed by atoms with Crippen molar-refractivity contribution in [2.24, 2.45) is 5.92 Å². The summed E-state index contributed by atoms with van der Waals surface area (Å²) in [6.45, 7) is -1.56. The zero-order chi connectivity index (χ0) is 15.5. The average molecular weight is 303 g/mol. The Bertz CT molecular complexity index is 544. The molecular weight excluding hydrogens is 291 g/mol. The van der Waals surface area contributed by atoms with Crippen LogP contribution in [0.15, 0.2) is 18.3 Å². The second-order valence-electron chi connectivity index (χ2n) is 4.48. The van der Waals surface area contributed by atoms with E-state index in [1.807, 2.05) is 0 Å². The number of aromatic nitrogens is 1. The van der Waals surface area contributed by atoms with Gasteiger partial charge in [0.25, 0.3) is 5.91 Å². The van der Waals surface area contributed by atoms with Crippen LogP contribution in [0.4, 0.5) is 13.2 Å². The van der Waals surface area contributed by atoms with Gasteiger partial charge in [-0.05, 0) is 25.0 Å². The molecule has 1 aromatic heterocycles. The Balaban J connectivity index is 1.97. The van der Waals surface area contributed by atoms with Crippen LogP contribution < -0.4 is 15.6 Å². The second-order valence-corrected chi connectivity index (χ2v) is 4.48. The Kier molecular flexibility index (Phi) is 4.29. The molecule has 0 bridgehead atoms. The Morgan fingerprint density at radius 1 is 1.33 bits per heavy atom. The van der Waals surface area contributed by atoms with Gasteiger partial charge in [-0.15, -0.1) is 0 Å². The number of ether oxygens (including phenoxy) is 1. The lowest BCUT2D eigenvalue weighted by atomic mass is 10.2. The van der Waals surface area contributed by atoms with E-state index in [0.29, 0.717) is 0 Å². The summed E-state index contributed by atoms with van der Waals surface area (Å²) in [5, 5.41) is 0. The highest BCUT2D eigenvalue weighted by molar-refractivity contribution is 5.97. The molecule has 0 aromatic carbocycles. The van der Waals surface area contributed by atoms with Crippen LogP contribution in [0.1, 0.15) is 23.2 Å². The number of carbonyl (C=O) groups excluding carboxylic acids is 2. The maximum atomic E-state index is 12.1. The molecule has 0 atom stereocenters. The van der Waals surface area contributed by atoms with Crippen LogP contribution in [0.3, 0.4) is 0 Å². The van der Waals surface area contributed by atoms with Gasteiger partial charge in [0.05, 0.1) is 0 Å². The van der Waals surface area contributed by atoms with Crippen molar-refractivity contribution in [2.45, 2.75) is 19.0 Å². The molecule has 1 aliphatic carbocycles. The zero-order valence-electron chi connectivity index (χ0n) is 10.7. The van der Waals surface area contributed by atoms with Crippen molar-refractivity contribution in [2.75, 3.05) is 6.61 Å². The second kappa shape index (κ2) is 5.98. The van der Waals surface area contributed by atoms with Gasteiger partial charge in [0.2, 0.25) is 11.8 Å². The van der Waals surface area contributed by atoms with E-state index in [1.54, 1.807) is 0 Å². The fraction of sp³-hybridized carbons (Fsp3) is 0.417. The van der Waals surface area contributed by atoms with Crippen molar-refractivity contribution >= 4 is 11.8 Å². The van der Waals surface area contributed by atoms with Crippen molar-refractivity contribution in [3.05, 3.63) is 23.9 Å². The average Bonchev–Trinajstić information content (AvgIpc) is 3.26. The standard InChI is InChI=1S/C12H12F3N3O3/c13-12(14,15)6-21-11-8(2-1-5-16-11)10(20)18-17-9(19)7-3-4-7/h1-2,5,7H,3-4,6H2,(H,17,19)(H,18,20). The lowest BCUT2D eigenvalue weighted by Gasteiger charge is -2.12. The molecule has 2 N–H and O–H groups in total. The number of alkyl halides is 3. The number of amides is 2. The van der Waals surface area contributed by atoms with Gasteiger partial charge in [-0.1, -0.05) is 0 Å². The molecule has 1 aliphatic rings. The zero-order valence-corrected chi connectivity index (χ0v) is 10.7. The molecule has 9 heteroatoms. The van der Waals surface area contributed by atoms with E-state index >= 15 is 0 Å². The van der Waals surface area contributed by atoms with E-state index in [1.165, 1.54) is 18.3 Å². The predicted molar refractivity (Wildman–Crippen MR) is 64.1 cm³/mol. The van der Waals surface area contributed by atoms with Gasteiger partial charge in [0, 0.05) is 12.1 Å². The molecule has 0 spiro atoms. The largest absolute Gasteiger partial charge is 0.467 e. The van der Waals surface area contributed by atoms with Gasteiger partial charge in [-0.3, -0.25) is 20.4 Å². The normalized spacial score (nSPS) is 14.4. The monoisotopic (exact) mass is 303 g/mol. The number of halogens is 3. The maximum Gasteiger partial charge on any atom is 0.422 e. The molecule has 0 saturated heterocycles. The summed E-state index contributed by atoms with van der Waals surface area (Å²) in [5.41, 5.74) is 4.12. The summed E-state index contributed by atoms with van der Waals surface area (Å²) in [5.74, 6) is -1.69. The molecule has 21 heavy (non-hydrogen) atoms. The highest BCUT2D eigenvalue weighted by Crippen LogP contribution is 2.28. The number of hydrogen-bond acceptors (Lipinski definition) is 4. The van der Waals surface area contributed by atoms with Gasteiger partial charge in [0.15, 0.2) is 6.61 Å². The number of rotatable bonds is 4. The summed E-state index contributed by atoms with van der Waals surface area (Å²) < 4.78 is 40.8. The van der Waals surface area contributed by atoms with Crippen LogP contribution in [0.5, 0.6) is 5.88 Å². The third kappa shape index (κ3) is 4.62. The lowest BCUT2D eigenvalue weighted by Crippen LogP contribution is -2.42. The minimum absolute atomic E-state index is 0.111. The molecule has 6 nitrogen and oxygen atoms in total. The number of hydrogen-bond donors (Lipinski definition) is 2. The molecule has 1 saturated carbocycles. The molecule has 0 aliphatic heterocycles. The Labute approximate surface area is 117 Å². The highest BCUT2D eigenvalue weighted by atomic mass is 19.4. The summed E-state index contributed by atoms with van der Waals surface area (Å²) in [6.07, 6.45) is -1.82. The molecule has 1 fully saturated rings. The van der Waals surface area contributed by atoms with Crippen LogP contribution in [-0.4, -0.2) is 29.6 Å². The van der Waals surface area contributed by atoms with E-state index < -0.39 is 24.6 Å². The Morgan fingerprint density at radius 2 is 2.05 bits per heavy atom. The minimum atomic E-state index is -4.54. The molecule has 0 unspecified atom stereocenters. The molecule has 1 heterocycles. The fourth-order valence-electron chi connectivity index (χ4n) is 1.46. The van der Waals surface area contributed by atoms with Crippen LogP contribution in [0, 0.1) is 5.92 Å². The van der Waals surface area contributed by atoms with Gasteiger partial charge in [0.1, 0.15) is 5.56 Å². The Morgan fingerprint density at radius 3 is 2.67 bits per heavy atom. The predicted octanol–water partition coefficient (Wildman–Crippen LogP) is 1.19. The minimum Gasteiger partial charge on any atom is -0.467 e. The van der Waals surface area contributed by atoms with E-state index in [-0.39, 0.29) is 17.4 Å². The van der Waals surface area contributed by atoms with Crippen molar-refractivity contribution < 1.29 is 27.5 Å². The van der Waals surface area contributed by atoms with Crippen LogP contribution in [0.2, 0.25) is 0 Å². The first-order chi connectivity index (χ1) is 9.87. The first-order valence-corrected chi connectivity index (χ1v) is 6.11. The third-order valence-electron chi connectivity index (χ3n) is 2.64. The first kappa shape index (κ1) is 15.1. The highest BCUT2D eigenvalue weighted by Gasteiger charge is 2.31. The van der Waals surface area contributed by atoms with Gasteiger partial charge in [-0.2, -0.15) is 13.2 Å². The molecule has 2 amide bonds. The lowest BCUT2D eigenvalue weighted by molar-refractivity contribution is -0.154. The number of nitrogens with zero attached hydrogens (tertiary/aromatic N) is 1. The van der Waals surface area contributed by atoms with Gasteiger partial charge < -0.3 is 4.74 Å². The number of pyridine rings is 1. The van der Waals surface area contributed by atoms with Crippen molar-refractivity contribution in [3.63, 3.8) is 0 Å². The number of carbonyl (C=O) groups is 2. The van der Waals surface area contributed by atoms with Crippen LogP contribution in [0.25, 0.3) is 0 Å². The summed E-state index contributed by atoms with van der Waals surface area (Å²) in [6, 6.07) is 2.62. The molecule has 0 radical (unpaired) electrons. The molecular formula is C12H12F3N3O3. The van der Waals surface area contributed by atoms with Crippen LogP contribution >= 0.6 is 0 Å². The number of hydrazine groups is 1. The van der Waals surface area contributed by atoms with Crippen molar-refractivity contribution in [3.8, 4) is 5.88 Å². The van der Waals surface area contributed by atoms with E-state index in [4.69, 9.17) is 0 Å². The third-order valence-corrected chi connectivity index (χ3v) is 2.64. The van der Waals surface area contributed by atoms with Crippen molar-refractivity contribution in [1.82, 2.24) is 15.8 Å². The smallest absolute Gasteiger partial charge is 0.422 e. The van der Waals surface area contributed by atoms with Gasteiger partial charge >= 0.3 is 6.18 Å². The quantitative estimate of drug-likeness (QED) is 0.819. The van der Waals surface area contributed by atoms with E-state index in [0.717, 1.165) is 12.8 Å². The topological polar surface area (TPSA) is 80.3 Å². The molecule has 1 aromatic rings. The summed E-state index contributed by atoms with van der Waals surface area (Å²) >= 11 is 0. The maximum absolute atomic E-state index is 12.1. The molecule has 114 valence electrons. The van der Waals surface area contributed by atoms with Crippen molar-refractivity contribution in [1.29, 1.82) is 0 Å². The molecule has 2 rings (SSSR count).